The van der Waals surface area contributed by atoms with Gasteiger partial charge in [-0.1, -0.05) is 0 Å². The number of fused-ring (bicyclic) bond motifs is 1. The summed E-state index contributed by atoms with van der Waals surface area (Å²) in [6, 6.07) is 0.700. The quantitative estimate of drug-likeness (QED) is 0.737. The molecule has 2 aliphatic rings. The third kappa shape index (κ3) is 3.35. The van der Waals surface area contributed by atoms with E-state index in [-0.39, 0.29) is 12.1 Å². The van der Waals surface area contributed by atoms with Crippen molar-refractivity contribution in [1.82, 2.24) is 10.6 Å². The molecule has 0 aromatic rings. The second-order valence-electron chi connectivity index (χ2n) is 6.21. The lowest BCUT2D eigenvalue weighted by molar-refractivity contribution is 0.0493. The van der Waals surface area contributed by atoms with Crippen LogP contribution in [0, 0.1) is 5.92 Å². The maximum atomic E-state index is 11.7. The van der Waals surface area contributed by atoms with Gasteiger partial charge in [-0.15, -0.1) is 0 Å². The fourth-order valence-electron chi connectivity index (χ4n) is 2.97. The number of piperidine rings is 1. The van der Waals surface area contributed by atoms with Gasteiger partial charge in [-0.25, -0.2) is 4.79 Å². The predicted octanol–water partition coefficient (Wildman–Crippen LogP) is 2.04. The van der Waals surface area contributed by atoms with Crippen LogP contribution in [-0.4, -0.2) is 30.3 Å². The number of hydrogen-bond acceptors (Lipinski definition) is 3. The molecule has 98 valence electrons. The molecule has 1 aliphatic heterocycles. The molecule has 2 fully saturated rings. The van der Waals surface area contributed by atoms with E-state index in [0.29, 0.717) is 6.04 Å². The number of amides is 1. The molecule has 4 nitrogen and oxygen atoms in total. The molecule has 2 N–H and O–H groups in total. The van der Waals surface area contributed by atoms with E-state index in [1.807, 2.05) is 20.8 Å². The van der Waals surface area contributed by atoms with Crippen molar-refractivity contribution in [1.29, 1.82) is 0 Å². The van der Waals surface area contributed by atoms with E-state index < -0.39 is 5.60 Å². The summed E-state index contributed by atoms with van der Waals surface area (Å²) in [5.41, 5.74) is -0.415. The molecule has 1 saturated heterocycles. The van der Waals surface area contributed by atoms with Crippen LogP contribution in [0.2, 0.25) is 0 Å². The number of ether oxygens (including phenoxy) is 1. The van der Waals surface area contributed by atoms with Gasteiger partial charge in [0.25, 0.3) is 0 Å². The lowest BCUT2D eigenvalue weighted by atomic mass is 9.93. The maximum Gasteiger partial charge on any atom is 0.407 e. The van der Waals surface area contributed by atoms with Gasteiger partial charge in [0.05, 0.1) is 0 Å². The van der Waals surface area contributed by atoms with Gasteiger partial charge in [0.2, 0.25) is 0 Å². The highest BCUT2D eigenvalue weighted by Crippen LogP contribution is 2.32. The summed E-state index contributed by atoms with van der Waals surface area (Å²) in [6.45, 7) is 6.75. The summed E-state index contributed by atoms with van der Waals surface area (Å²) >= 11 is 0. The van der Waals surface area contributed by atoms with Crippen LogP contribution in [-0.2, 0) is 4.74 Å². The molecule has 2 rings (SSSR count). The van der Waals surface area contributed by atoms with Crippen LogP contribution < -0.4 is 10.6 Å². The highest BCUT2D eigenvalue weighted by atomic mass is 16.6. The standard InChI is InChI=1S/C13H24N2O2/c1-13(2,3)17-12(16)15-10-7-6-9-5-4-8-14-11(9)10/h9-11,14H,4-8H2,1-3H3,(H,15,16)/t9-,10-,11-/m0/s1. The van der Waals surface area contributed by atoms with E-state index in [1.165, 1.54) is 19.3 Å². The SMILES string of the molecule is CC(C)(C)OC(=O)N[C@H]1CC[C@@H]2CCCN[C@@H]21. The van der Waals surface area contributed by atoms with Gasteiger partial charge in [-0.3, -0.25) is 0 Å². The van der Waals surface area contributed by atoms with E-state index in [2.05, 4.69) is 10.6 Å². The van der Waals surface area contributed by atoms with Crippen LogP contribution in [0.15, 0.2) is 0 Å². The summed E-state index contributed by atoms with van der Waals surface area (Å²) in [5.74, 6) is 0.740. The predicted molar refractivity (Wildman–Crippen MR) is 66.9 cm³/mol. The Morgan fingerprint density at radius 1 is 1.29 bits per heavy atom. The smallest absolute Gasteiger partial charge is 0.407 e. The fraction of sp³-hybridized carbons (Fsp3) is 0.923. The second kappa shape index (κ2) is 4.84. The minimum Gasteiger partial charge on any atom is -0.444 e. The minimum atomic E-state index is -0.415. The van der Waals surface area contributed by atoms with Crippen molar-refractivity contribution in [2.24, 2.45) is 5.92 Å². The van der Waals surface area contributed by atoms with E-state index in [4.69, 9.17) is 4.74 Å². The second-order valence-corrected chi connectivity index (χ2v) is 6.21. The first-order chi connectivity index (χ1) is 7.96. The van der Waals surface area contributed by atoms with Gasteiger partial charge >= 0.3 is 6.09 Å². The highest BCUT2D eigenvalue weighted by Gasteiger charge is 2.38. The summed E-state index contributed by atoms with van der Waals surface area (Å²) in [5, 5.41) is 6.54. The first-order valence-corrected chi connectivity index (χ1v) is 6.68. The molecule has 1 aliphatic carbocycles. The Kier molecular flexibility index (Phi) is 3.61. The zero-order valence-corrected chi connectivity index (χ0v) is 11.1. The number of rotatable bonds is 1. The number of alkyl carbamates (subject to hydrolysis) is 1. The highest BCUT2D eigenvalue weighted by molar-refractivity contribution is 5.68. The van der Waals surface area contributed by atoms with Crippen molar-refractivity contribution in [3.05, 3.63) is 0 Å². The lowest BCUT2D eigenvalue weighted by Crippen LogP contribution is -2.52. The monoisotopic (exact) mass is 240 g/mol. The Morgan fingerprint density at radius 3 is 2.76 bits per heavy atom. The first kappa shape index (κ1) is 12.7. The number of carbonyl (C=O) groups excluding carboxylic acids is 1. The van der Waals surface area contributed by atoms with Gasteiger partial charge in [-0.2, -0.15) is 0 Å². The van der Waals surface area contributed by atoms with Crippen molar-refractivity contribution in [2.75, 3.05) is 6.54 Å². The molecule has 0 aromatic carbocycles. The molecule has 0 spiro atoms. The Hall–Kier alpha value is -0.770. The van der Waals surface area contributed by atoms with Crippen molar-refractivity contribution in [3.63, 3.8) is 0 Å². The van der Waals surface area contributed by atoms with Crippen LogP contribution >= 0.6 is 0 Å². The van der Waals surface area contributed by atoms with Gasteiger partial charge < -0.3 is 15.4 Å². The number of hydrogen-bond donors (Lipinski definition) is 2. The van der Waals surface area contributed by atoms with Gasteiger partial charge in [0.15, 0.2) is 0 Å². The molecule has 0 aromatic heterocycles. The zero-order chi connectivity index (χ0) is 12.5. The van der Waals surface area contributed by atoms with Gasteiger partial charge in [0.1, 0.15) is 5.60 Å². The normalized spacial score (nSPS) is 33.0. The fourth-order valence-corrected chi connectivity index (χ4v) is 2.97. The Bertz CT molecular complexity index is 286. The summed E-state index contributed by atoms with van der Waals surface area (Å²) in [6.07, 6.45) is 4.57. The molecule has 0 radical (unpaired) electrons. The average molecular weight is 240 g/mol. The average Bonchev–Trinajstić information content (AvgIpc) is 2.59. The maximum absolute atomic E-state index is 11.7. The van der Waals surface area contributed by atoms with Crippen molar-refractivity contribution < 1.29 is 9.53 Å². The summed E-state index contributed by atoms with van der Waals surface area (Å²) < 4.78 is 5.30. The van der Waals surface area contributed by atoms with Crippen molar-refractivity contribution >= 4 is 6.09 Å². The third-order valence-electron chi connectivity index (χ3n) is 3.62. The van der Waals surface area contributed by atoms with Crippen LogP contribution in [0.1, 0.15) is 46.5 Å². The molecule has 17 heavy (non-hydrogen) atoms. The molecule has 1 saturated carbocycles. The summed E-state index contributed by atoms with van der Waals surface area (Å²) in [4.78, 5) is 11.7. The van der Waals surface area contributed by atoms with Crippen molar-refractivity contribution in [3.8, 4) is 0 Å². The summed E-state index contributed by atoms with van der Waals surface area (Å²) in [7, 11) is 0. The van der Waals surface area contributed by atoms with Crippen molar-refractivity contribution in [2.45, 2.75) is 64.1 Å². The lowest BCUT2D eigenvalue weighted by Gasteiger charge is -2.31. The van der Waals surface area contributed by atoms with Crippen LogP contribution in [0.5, 0.6) is 0 Å². The van der Waals surface area contributed by atoms with Crippen LogP contribution in [0.3, 0.4) is 0 Å². The topological polar surface area (TPSA) is 50.4 Å². The van der Waals surface area contributed by atoms with Gasteiger partial charge in [-0.05, 0) is 58.9 Å². The zero-order valence-electron chi connectivity index (χ0n) is 11.1. The third-order valence-corrected chi connectivity index (χ3v) is 3.62. The number of nitrogens with one attached hydrogen (secondary N) is 2. The van der Waals surface area contributed by atoms with E-state index in [0.717, 1.165) is 18.9 Å². The Labute approximate surface area is 103 Å². The van der Waals surface area contributed by atoms with E-state index in [9.17, 15) is 4.79 Å². The van der Waals surface area contributed by atoms with E-state index >= 15 is 0 Å². The molecule has 1 amide bonds. The largest absolute Gasteiger partial charge is 0.444 e. The van der Waals surface area contributed by atoms with Crippen LogP contribution in [0.25, 0.3) is 0 Å². The minimum absolute atomic E-state index is 0.246. The number of carbonyl (C=O) groups is 1. The molecular weight excluding hydrogens is 216 g/mol. The molecule has 3 atom stereocenters. The molecule has 4 heteroatoms. The van der Waals surface area contributed by atoms with Crippen LogP contribution in [0.4, 0.5) is 4.79 Å². The molecule has 1 heterocycles. The Morgan fingerprint density at radius 2 is 2.06 bits per heavy atom. The molecular formula is C13H24N2O2. The molecule has 0 bridgehead atoms. The molecule has 0 unspecified atom stereocenters. The first-order valence-electron chi connectivity index (χ1n) is 6.68. The van der Waals surface area contributed by atoms with Gasteiger partial charge in [0, 0.05) is 12.1 Å². The van der Waals surface area contributed by atoms with E-state index in [1.54, 1.807) is 0 Å². The Balaban J connectivity index is 1.85.